The molecule has 7 heteroatoms. The number of halogens is 1. The van der Waals surface area contributed by atoms with Crippen molar-refractivity contribution in [1.29, 1.82) is 0 Å². The highest BCUT2D eigenvalue weighted by molar-refractivity contribution is 6.33. The van der Waals surface area contributed by atoms with Crippen LogP contribution < -0.4 is 10.6 Å². The summed E-state index contributed by atoms with van der Waals surface area (Å²) in [6.45, 7) is 1.86. The first-order valence-electron chi connectivity index (χ1n) is 6.05. The second-order valence-corrected chi connectivity index (χ2v) is 4.72. The minimum Gasteiger partial charge on any atom is -0.307 e. The van der Waals surface area contributed by atoms with E-state index < -0.39 is 11.0 Å². The summed E-state index contributed by atoms with van der Waals surface area (Å²) in [6.07, 6.45) is 0. The lowest BCUT2D eigenvalue weighted by Crippen LogP contribution is -2.20. The molecule has 0 aliphatic rings. The van der Waals surface area contributed by atoms with Gasteiger partial charge >= 0.3 is 6.03 Å². The number of nitro groups is 1. The lowest BCUT2D eigenvalue weighted by Gasteiger charge is -2.10. The van der Waals surface area contributed by atoms with E-state index in [-0.39, 0.29) is 16.4 Å². The summed E-state index contributed by atoms with van der Waals surface area (Å²) in [6, 6.07) is 10.6. The smallest absolute Gasteiger partial charge is 0.307 e. The fourth-order valence-corrected chi connectivity index (χ4v) is 1.88. The summed E-state index contributed by atoms with van der Waals surface area (Å²) >= 11 is 5.91. The molecular formula is C14H12ClN3O3. The SMILES string of the molecule is Cc1ccccc1NC(=O)Nc1cc([N+](=O)[O-])ccc1Cl. The molecule has 2 amide bonds. The Hall–Kier alpha value is -2.60. The average Bonchev–Trinajstić information content (AvgIpc) is 2.43. The number of urea groups is 1. The van der Waals surface area contributed by atoms with Crippen molar-refractivity contribution in [1.82, 2.24) is 0 Å². The van der Waals surface area contributed by atoms with E-state index >= 15 is 0 Å². The molecule has 0 saturated heterocycles. The lowest BCUT2D eigenvalue weighted by atomic mass is 10.2. The number of amides is 2. The molecule has 0 heterocycles. The summed E-state index contributed by atoms with van der Waals surface area (Å²) in [7, 11) is 0. The molecule has 6 nitrogen and oxygen atoms in total. The van der Waals surface area contributed by atoms with Crippen LogP contribution in [0.1, 0.15) is 5.56 Å². The van der Waals surface area contributed by atoms with Crippen LogP contribution in [-0.2, 0) is 0 Å². The van der Waals surface area contributed by atoms with Crippen LogP contribution in [0.5, 0.6) is 0 Å². The molecule has 2 aromatic rings. The van der Waals surface area contributed by atoms with Crippen LogP contribution in [0.25, 0.3) is 0 Å². The van der Waals surface area contributed by atoms with Gasteiger partial charge in [-0.2, -0.15) is 0 Å². The first kappa shape index (κ1) is 14.8. The van der Waals surface area contributed by atoms with Crippen LogP contribution >= 0.6 is 11.6 Å². The number of nitrogens with one attached hydrogen (secondary N) is 2. The second kappa shape index (κ2) is 6.23. The molecular weight excluding hydrogens is 294 g/mol. The monoisotopic (exact) mass is 305 g/mol. The van der Waals surface area contributed by atoms with Gasteiger partial charge in [0.05, 0.1) is 15.6 Å². The van der Waals surface area contributed by atoms with E-state index in [1.807, 2.05) is 19.1 Å². The number of para-hydroxylation sites is 1. The van der Waals surface area contributed by atoms with Gasteiger partial charge in [0.1, 0.15) is 0 Å². The van der Waals surface area contributed by atoms with Crippen molar-refractivity contribution in [3.63, 3.8) is 0 Å². The largest absolute Gasteiger partial charge is 0.323 e. The van der Waals surface area contributed by atoms with Gasteiger partial charge in [-0.05, 0) is 24.6 Å². The number of hydrogen-bond donors (Lipinski definition) is 2. The Bertz CT molecular complexity index is 704. The van der Waals surface area contributed by atoms with Crippen LogP contribution in [0.2, 0.25) is 5.02 Å². The van der Waals surface area contributed by atoms with E-state index in [9.17, 15) is 14.9 Å². The minimum atomic E-state index is -0.555. The van der Waals surface area contributed by atoms with Gasteiger partial charge < -0.3 is 10.6 Å². The summed E-state index contributed by atoms with van der Waals surface area (Å²) in [5.74, 6) is 0. The topological polar surface area (TPSA) is 84.3 Å². The number of anilines is 2. The zero-order valence-electron chi connectivity index (χ0n) is 11.1. The first-order valence-corrected chi connectivity index (χ1v) is 6.43. The summed E-state index contributed by atoms with van der Waals surface area (Å²) in [4.78, 5) is 22.1. The molecule has 2 aromatic carbocycles. The van der Waals surface area contributed by atoms with Crippen molar-refractivity contribution in [2.75, 3.05) is 10.6 Å². The van der Waals surface area contributed by atoms with Gasteiger partial charge in [-0.1, -0.05) is 29.8 Å². The Kier molecular flexibility index (Phi) is 4.39. The van der Waals surface area contributed by atoms with E-state index in [1.54, 1.807) is 12.1 Å². The van der Waals surface area contributed by atoms with Gasteiger partial charge in [0.15, 0.2) is 0 Å². The third kappa shape index (κ3) is 3.70. The standard InChI is InChI=1S/C14H12ClN3O3/c1-9-4-2-3-5-12(9)16-14(19)17-13-8-10(18(20)21)6-7-11(13)15/h2-8H,1H3,(H2,16,17,19). The van der Waals surface area contributed by atoms with Crippen molar-refractivity contribution in [3.8, 4) is 0 Å². The molecule has 0 saturated carbocycles. The Morgan fingerprint density at radius 1 is 1.14 bits per heavy atom. The molecule has 21 heavy (non-hydrogen) atoms. The summed E-state index contributed by atoms with van der Waals surface area (Å²) in [5, 5.41) is 16.1. The molecule has 0 bridgehead atoms. The van der Waals surface area contributed by atoms with Gasteiger partial charge in [-0.3, -0.25) is 10.1 Å². The number of nitro benzene ring substituents is 1. The van der Waals surface area contributed by atoms with Gasteiger partial charge in [-0.15, -0.1) is 0 Å². The number of aryl methyl sites for hydroxylation is 1. The molecule has 2 N–H and O–H groups in total. The fraction of sp³-hybridized carbons (Fsp3) is 0.0714. The molecule has 0 fully saturated rings. The van der Waals surface area contributed by atoms with E-state index in [4.69, 9.17) is 11.6 Å². The number of benzene rings is 2. The minimum absolute atomic E-state index is 0.148. The summed E-state index contributed by atoms with van der Waals surface area (Å²) < 4.78 is 0. The number of nitrogens with zero attached hydrogens (tertiary/aromatic N) is 1. The van der Waals surface area contributed by atoms with Crippen molar-refractivity contribution in [2.24, 2.45) is 0 Å². The second-order valence-electron chi connectivity index (χ2n) is 4.32. The maximum Gasteiger partial charge on any atom is 0.323 e. The maximum atomic E-state index is 11.9. The highest BCUT2D eigenvalue weighted by atomic mass is 35.5. The van der Waals surface area contributed by atoms with Crippen LogP contribution in [0, 0.1) is 17.0 Å². The van der Waals surface area contributed by atoms with E-state index in [0.29, 0.717) is 5.69 Å². The van der Waals surface area contributed by atoms with Gasteiger partial charge in [0, 0.05) is 17.8 Å². The summed E-state index contributed by atoms with van der Waals surface area (Å²) in [5.41, 5.74) is 1.58. The number of non-ortho nitro benzene ring substituents is 1. The Morgan fingerprint density at radius 3 is 2.48 bits per heavy atom. The highest BCUT2D eigenvalue weighted by Gasteiger charge is 2.12. The number of carbonyl (C=O) groups is 1. The molecule has 0 radical (unpaired) electrons. The van der Waals surface area contributed by atoms with Crippen LogP contribution in [0.3, 0.4) is 0 Å². The number of hydrogen-bond acceptors (Lipinski definition) is 3. The van der Waals surface area contributed by atoms with Crippen molar-refractivity contribution >= 4 is 34.7 Å². The molecule has 0 spiro atoms. The normalized spacial score (nSPS) is 10.0. The predicted molar refractivity (Wildman–Crippen MR) is 81.9 cm³/mol. The Morgan fingerprint density at radius 2 is 1.81 bits per heavy atom. The van der Waals surface area contributed by atoms with Gasteiger partial charge in [0.2, 0.25) is 0 Å². The van der Waals surface area contributed by atoms with E-state index in [1.165, 1.54) is 18.2 Å². The molecule has 2 rings (SSSR count). The molecule has 0 aliphatic heterocycles. The first-order chi connectivity index (χ1) is 9.97. The third-order valence-electron chi connectivity index (χ3n) is 2.80. The Labute approximate surface area is 125 Å². The Balaban J connectivity index is 2.15. The molecule has 0 aliphatic carbocycles. The zero-order chi connectivity index (χ0) is 15.4. The van der Waals surface area contributed by atoms with E-state index in [2.05, 4.69) is 10.6 Å². The quantitative estimate of drug-likeness (QED) is 0.658. The fourth-order valence-electron chi connectivity index (χ4n) is 1.71. The molecule has 0 unspecified atom stereocenters. The van der Waals surface area contributed by atoms with Crippen molar-refractivity contribution in [2.45, 2.75) is 6.92 Å². The van der Waals surface area contributed by atoms with Gasteiger partial charge in [-0.25, -0.2) is 4.79 Å². The molecule has 0 aromatic heterocycles. The number of carbonyl (C=O) groups excluding carboxylic acids is 1. The van der Waals surface area contributed by atoms with Crippen molar-refractivity contribution in [3.05, 3.63) is 63.2 Å². The van der Waals surface area contributed by atoms with Crippen LogP contribution in [0.15, 0.2) is 42.5 Å². The lowest BCUT2D eigenvalue weighted by molar-refractivity contribution is -0.384. The zero-order valence-corrected chi connectivity index (χ0v) is 11.8. The van der Waals surface area contributed by atoms with Crippen LogP contribution in [0.4, 0.5) is 21.9 Å². The van der Waals surface area contributed by atoms with Gasteiger partial charge in [0.25, 0.3) is 5.69 Å². The maximum absolute atomic E-state index is 11.9. The van der Waals surface area contributed by atoms with Crippen LogP contribution in [-0.4, -0.2) is 11.0 Å². The predicted octanol–water partition coefficient (Wildman–Crippen LogP) is 4.20. The third-order valence-corrected chi connectivity index (χ3v) is 3.13. The van der Waals surface area contributed by atoms with Crippen molar-refractivity contribution < 1.29 is 9.72 Å². The molecule has 0 atom stereocenters. The highest BCUT2D eigenvalue weighted by Crippen LogP contribution is 2.26. The van der Waals surface area contributed by atoms with E-state index in [0.717, 1.165) is 5.56 Å². The number of rotatable bonds is 3. The average molecular weight is 306 g/mol. The molecule has 108 valence electrons.